The maximum Gasteiger partial charge on any atom is 0.119 e. The number of hydrogen-bond acceptors (Lipinski definition) is 2. The molecule has 0 aromatic heterocycles. The van der Waals surface area contributed by atoms with Gasteiger partial charge in [0.15, 0.2) is 0 Å². The highest BCUT2D eigenvalue weighted by atomic mass is 79.9. The molecule has 37 heavy (non-hydrogen) atoms. The maximum absolute atomic E-state index is 6.01. The molecule has 0 saturated heterocycles. The van der Waals surface area contributed by atoms with Gasteiger partial charge in [-0.05, 0) is 94.8 Å². The summed E-state index contributed by atoms with van der Waals surface area (Å²) in [5.74, 6) is 1.82. The van der Waals surface area contributed by atoms with Gasteiger partial charge < -0.3 is 9.47 Å². The molecule has 4 aromatic rings. The zero-order valence-corrected chi connectivity index (χ0v) is 24.6. The van der Waals surface area contributed by atoms with Crippen LogP contribution in [0.5, 0.6) is 11.5 Å². The number of rotatable bonds is 10. The van der Waals surface area contributed by atoms with Crippen LogP contribution in [0.25, 0.3) is 11.1 Å². The molecule has 0 N–H and O–H groups in total. The SMILES string of the molecule is CCCCOc1ccc(C2(c3ccc(OCCCC)cc3)c3cc(Br)ccc3-c3ccc(Br)cc32)cc1. The van der Waals surface area contributed by atoms with Crippen molar-refractivity contribution in [1.82, 2.24) is 0 Å². The third-order valence-corrected chi connectivity index (χ3v) is 8.16. The van der Waals surface area contributed by atoms with E-state index < -0.39 is 5.41 Å². The third-order valence-electron chi connectivity index (χ3n) is 7.17. The molecule has 0 saturated carbocycles. The van der Waals surface area contributed by atoms with Crippen LogP contribution in [0.15, 0.2) is 93.9 Å². The molecule has 5 rings (SSSR count). The standard InChI is InChI=1S/C33H32Br2O2/c1-3-5-19-36-27-13-7-23(8-14-27)33(24-9-15-28(16-10-24)37-20-6-4-2)31-21-25(34)11-17-29(31)30-18-12-26(35)22-32(30)33/h7-18,21-22H,3-6,19-20H2,1-2H3. The molecule has 0 spiro atoms. The van der Waals surface area contributed by atoms with E-state index in [4.69, 9.17) is 9.47 Å². The van der Waals surface area contributed by atoms with Crippen molar-refractivity contribution in [2.75, 3.05) is 13.2 Å². The fourth-order valence-corrected chi connectivity index (χ4v) is 6.05. The number of unbranched alkanes of at least 4 members (excludes halogenated alkanes) is 2. The highest BCUT2D eigenvalue weighted by Gasteiger charge is 2.46. The van der Waals surface area contributed by atoms with Crippen molar-refractivity contribution in [3.63, 3.8) is 0 Å². The lowest BCUT2D eigenvalue weighted by molar-refractivity contribution is 0.309. The summed E-state index contributed by atoms with van der Waals surface area (Å²) in [6.45, 7) is 5.85. The van der Waals surface area contributed by atoms with Crippen molar-refractivity contribution in [3.8, 4) is 22.6 Å². The van der Waals surface area contributed by atoms with Gasteiger partial charge in [-0.25, -0.2) is 0 Å². The lowest BCUT2D eigenvalue weighted by atomic mass is 9.67. The molecule has 2 nitrogen and oxygen atoms in total. The molecule has 0 radical (unpaired) electrons. The molecule has 0 atom stereocenters. The van der Waals surface area contributed by atoms with E-state index in [2.05, 4.69) is 131 Å². The minimum Gasteiger partial charge on any atom is -0.494 e. The smallest absolute Gasteiger partial charge is 0.119 e. The minimum atomic E-state index is -0.470. The van der Waals surface area contributed by atoms with Gasteiger partial charge in [-0.3, -0.25) is 0 Å². The first-order valence-electron chi connectivity index (χ1n) is 13.1. The van der Waals surface area contributed by atoms with Crippen molar-refractivity contribution < 1.29 is 9.47 Å². The second kappa shape index (κ2) is 11.4. The number of ether oxygens (including phenoxy) is 2. The Morgan fingerprint density at radius 3 is 1.35 bits per heavy atom. The molecule has 190 valence electrons. The highest BCUT2D eigenvalue weighted by Crippen LogP contribution is 2.57. The third kappa shape index (κ3) is 4.98. The molecule has 0 heterocycles. The number of fused-ring (bicyclic) bond motifs is 3. The summed E-state index contributed by atoms with van der Waals surface area (Å²) in [5.41, 5.74) is 7.03. The van der Waals surface area contributed by atoms with E-state index in [-0.39, 0.29) is 0 Å². The van der Waals surface area contributed by atoms with Crippen LogP contribution in [-0.4, -0.2) is 13.2 Å². The lowest BCUT2D eigenvalue weighted by Gasteiger charge is -2.34. The van der Waals surface area contributed by atoms with E-state index in [1.54, 1.807) is 0 Å². The molecule has 0 unspecified atom stereocenters. The highest BCUT2D eigenvalue weighted by molar-refractivity contribution is 9.10. The fraction of sp³-hybridized carbons (Fsp3) is 0.273. The topological polar surface area (TPSA) is 18.5 Å². The maximum atomic E-state index is 6.01. The Kier molecular flexibility index (Phi) is 8.07. The minimum absolute atomic E-state index is 0.470. The van der Waals surface area contributed by atoms with Crippen LogP contribution < -0.4 is 9.47 Å². The predicted octanol–water partition coefficient (Wildman–Crippen LogP) is 9.93. The van der Waals surface area contributed by atoms with Crippen molar-refractivity contribution in [3.05, 3.63) is 116 Å². The van der Waals surface area contributed by atoms with Gasteiger partial charge >= 0.3 is 0 Å². The molecule has 0 fully saturated rings. The van der Waals surface area contributed by atoms with Gasteiger partial charge in [0.2, 0.25) is 0 Å². The summed E-state index contributed by atoms with van der Waals surface area (Å²) >= 11 is 7.53. The van der Waals surface area contributed by atoms with Gasteiger partial charge in [-0.1, -0.05) is 94.9 Å². The average molecular weight is 620 g/mol. The Bertz CT molecular complexity index is 1250. The summed E-state index contributed by atoms with van der Waals surface area (Å²) in [6, 6.07) is 30.7. The van der Waals surface area contributed by atoms with E-state index in [1.165, 1.54) is 33.4 Å². The summed E-state index contributed by atoms with van der Waals surface area (Å²) in [4.78, 5) is 0. The Labute approximate surface area is 237 Å². The van der Waals surface area contributed by atoms with E-state index >= 15 is 0 Å². The Hall–Kier alpha value is -2.56. The van der Waals surface area contributed by atoms with Crippen LogP contribution >= 0.6 is 31.9 Å². The first-order valence-corrected chi connectivity index (χ1v) is 14.7. The van der Waals surface area contributed by atoms with Gasteiger partial charge in [0.05, 0.1) is 18.6 Å². The monoisotopic (exact) mass is 618 g/mol. The van der Waals surface area contributed by atoms with Crippen LogP contribution in [-0.2, 0) is 5.41 Å². The van der Waals surface area contributed by atoms with Gasteiger partial charge in [0.25, 0.3) is 0 Å². The number of hydrogen-bond donors (Lipinski definition) is 0. The molecule has 1 aliphatic rings. The van der Waals surface area contributed by atoms with Crippen molar-refractivity contribution >= 4 is 31.9 Å². The quantitative estimate of drug-likeness (QED) is 0.145. The Balaban J connectivity index is 1.69. The molecule has 0 aliphatic heterocycles. The van der Waals surface area contributed by atoms with E-state index in [0.717, 1.165) is 59.3 Å². The normalized spacial score (nSPS) is 13.2. The van der Waals surface area contributed by atoms with Gasteiger partial charge in [0.1, 0.15) is 11.5 Å². The van der Waals surface area contributed by atoms with Crippen molar-refractivity contribution in [2.24, 2.45) is 0 Å². The van der Waals surface area contributed by atoms with E-state index in [0.29, 0.717) is 0 Å². The summed E-state index contributed by atoms with van der Waals surface area (Å²) in [5, 5.41) is 0. The Morgan fingerprint density at radius 2 is 0.973 bits per heavy atom. The van der Waals surface area contributed by atoms with Gasteiger partial charge in [-0.2, -0.15) is 0 Å². The Morgan fingerprint density at radius 1 is 0.568 bits per heavy atom. The fourth-order valence-electron chi connectivity index (χ4n) is 5.33. The van der Waals surface area contributed by atoms with Crippen LogP contribution in [0.4, 0.5) is 0 Å². The first-order chi connectivity index (χ1) is 18.1. The second-order valence-electron chi connectivity index (χ2n) is 9.58. The van der Waals surface area contributed by atoms with Gasteiger partial charge in [0, 0.05) is 8.95 Å². The van der Waals surface area contributed by atoms with Crippen molar-refractivity contribution in [2.45, 2.75) is 44.9 Å². The molecule has 0 bridgehead atoms. The lowest BCUT2D eigenvalue weighted by Crippen LogP contribution is -2.28. The molecule has 4 aromatic carbocycles. The van der Waals surface area contributed by atoms with Gasteiger partial charge in [-0.15, -0.1) is 0 Å². The zero-order chi connectivity index (χ0) is 25.8. The zero-order valence-electron chi connectivity index (χ0n) is 21.4. The molecular weight excluding hydrogens is 588 g/mol. The number of halogens is 2. The molecule has 4 heteroatoms. The van der Waals surface area contributed by atoms with Crippen LogP contribution in [0.2, 0.25) is 0 Å². The summed E-state index contributed by atoms with van der Waals surface area (Å²) < 4.78 is 14.2. The first kappa shape index (κ1) is 26.1. The van der Waals surface area contributed by atoms with E-state index in [1.807, 2.05) is 0 Å². The largest absolute Gasteiger partial charge is 0.494 e. The van der Waals surface area contributed by atoms with Crippen LogP contribution in [0.3, 0.4) is 0 Å². The van der Waals surface area contributed by atoms with Crippen LogP contribution in [0, 0.1) is 0 Å². The predicted molar refractivity (Wildman–Crippen MR) is 160 cm³/mol. The molecule has 1 aliphatic carbocycles. The molecular formula is C33H32Br2O2. The van der Waals surface area contributed by atoms with Crippen molar-refractivity contribution in [1.29, 1.82) is 0 Å². The van der Waals surface area contributed by atoms with E-state index in [9.17, 15) is 0 Å². The number of benzene rings is 4. The second-order valence-corrected chi connectivity index (χ2v) is 11.4. The summed E-state index contributed by atoms with van der Waals surface area (Å²) in [7, 11) is 0. The summed E-state index contributed by atoms with van der Waals surface area (Å²) in [6.07, 6.45) is 4.36. The molecule has 0 amide bonds. The average Bonchev–Trinajstić information content (AvgIpc) is 3.19. The van der Waals surface area contributed by atoms with Crippen LogP contribution in [0.1, 0.15) is 61.8 Å².